The molecule has 0 radical (unpaired) electrons. The van der Waals surface area contributed by atoms with Crippen LogP contribution in [0.1, 0.15) is 34.5 Å². The molecule has 3 aliphatic rings. The van der Waals surface area contributed by atoms with Crippen molar-refractivity contribution in [1.29, 1.82) is 0 Å². The lowest BCUT2D eigenvalue weighted by molar-refractivity contribution is -0.274. The number of benzene rings is 2. The number of fused-ring (bicyclic) bond motifs is 1. The summed E-state index contributed by atoms with van der Waals surface area (Å²) in [5.74, 6) is 0.672. The molecule has 2 saturated heterocycles. The van der Waals surface area contributed by atoms with Crippen LogP contribution < -0.4 is 19.9 Å². The first kappa shape index (κ1) is 26.5. The number of likely N-dealkylation sites (N-methyl/N-ethyl adjacent to an activating group) is 1. The lowest BCUT2D eigenvalue weighted by Gasteiger charge is -2.61. The van der Waals surface area contributed by atoms with Gasteiger partial charge in [-0.05, 0) is 55.4 Å². The zero-order chi connectivity index (χ0) is 28.1. The molecular weight excluding hydrogens is 521 g/mol. The summed E-state index contributed by atoms with van der Waals surface area (Å²) < 4.78 is 43.2. The average molecular weight is 555 g/mol. The van der Waals surface area contributed by atoms with Crippen LogP contribution in [-0.4, -0.2) is 66.5 Å². The Morgan fingerprint density at radius 1 is 0.975 bits per heavy atom. The molecule has 4 heterocycles. The molecule has 2 aromatic carbocycles. The number of nitrogens with one attached hydrogen (secondary N) is 1. The standard InChI is InChI=1S/C29H33F3N6O2/c1-3-24-26(38-13-12-35(2)15-25(38)34-24)27(39)33-14-20-4-6-21(7-5-20)36-16-28(17-36)18-37(19-28)22-8-10-23(11-9-22)40-29(30,31)32/h4-11H,3,12-19H2,1-2H3,(H,33,39). The van der Waals surface area contributed by atoms with E-state index in [1.807, 2.05) is 6.92 Å². The molecule has 0 unspecified atom stereocenters. The number of nitrogens with zero attached hydrogens (tertiary/aromatic N) is 5. The molecule has 1 spiro atoms. The lowest BCUT2D eigenvalue weighted by Crippen LogP contribution is -2.72. The second-order valence-electron chi connectivity index (χ2n) is 11.2. The summed E-state index contributed by atoms with van der Waals surface area (Å²) in [6, 6.07) is 14.4. The van der Waals surface area contributed by atoms with Crippen LogP contribution in [0.5, 0.6) is 5.75 Å². The van der Waals surface area contributed by atoms with Gasteiger partial charge in [-0.25, -0.2) is 4.98 Å². The minimum Gasteiger partial charge on any atom is -0.406 e. The number of rotatable bonds is 7. The summed E-state index contributed by atoms with van der Waals surface area (Å²) in [5, 5.41) is 3.08. The van der Waals surface area contributed by atoms with Crippen molar-refractivity contribution in [3.8, 4) is 5.75 Å². The van der Waals surface area contributed by atoms with Crippen molar-refractivity contribution >= 4 is 17.3 Å². The van der Waals surface area contributed by atoms with Crippen LogP contribution >= 0.6 is 0 Å². The van der Waals surface area contributed by atoms with E-state index >= 15 is 0 Å². The summed E-state index contributed by atoms with van der Waals surface area (Å²) in [4.78, 5) is 24.5. The third-order valence-electron chi connectivity index (χ3n) is 8.08. The summed E-state index contributed by atoms with van der Waals surface area (Å²) in [6.07, 6.45) is -3.96. The fourth-order valence-electron chi connectivity index (χ4n) is 6.05. The summed E-state index contributed by atoms with van der Waals surface area (Å²) in [7, 11) is 2.07. The van der Waals surface area contributed by atoms with E-state index in [-0.39, 0.29) is 17.1 Å². The number of hydrogen-bond donors (Lipinski definition) is 1. The van der Waals surface area contributed by atoms with Crippen molar-refractivity contribution in [1.82, 2.24) is 19.8 Å². The SMILES string of the molecule is CCc1nc2n(c1C(=O)NCc1ccc(N3CC4(C3)CN(c3ccc(OC(F)(F)F)cc3)C4)cc1)CCN(C)C2. The quantitative estimate of drug-likeness (QED) is 0.476. The van der Waals surface area contributed by atoms with Gasteiger partial charge in [0.2, 0.25) is 0 Å². The van der Waals surface area contributed by atoms with Crippen LogP contribution in [0.25, 0.3) is 0 Å². The van der Waals surface area contributed by atoms with E-state index in [4.69, 9.17) is 4.98 Å². The fraction of sp³-hybridized carbons (Fsp3) is 0.448. The van der Waals surface area contributed by atoms with Crippen molar-refractivity contribution in [2.45, 2.75) is 39.3 Å². The highest BCUT2D eigenvalue weighted by Crippen LogP contribution is 2.44. The van der Waals surface area contributed by atoms with Crippen LogP contribution in [0.4, 0.5) is 24.5 Å². The molecule has 3 aliphatic heterocycles. The van der Waals surface area contributed by atoms with Gasteiger partial charge in [0, 0.05) is 62.6 Å². The molecule has 1 aromatic heterocycles. The number of halogens is 3. The number of carbonyl (C=O) groups is 1. The van der Waals surface area contributed by atoms with Gasteiger partial charge in [-0.3, -0.25) is 9.69 Å². The van der Waals surface area contributed by atoms with Crippen LogP contribution in [0, 0.1) is 5.41 Å². The third-order valence-corrected chi connectivity index (χ3v) is 8.08. The molecular formula is C29H33F3N6O2. The van der Waals surface area contributed by atoms with E-state index < -0.39 is 6.36 Å². The van der Waals surface area contributed by atoms with Crippen LogP contribution in [0.2, 0.25) is 0 Å². The lowest BCUT2D eigenvalue weighted by atomic mass is 9.72. The van der Waals surface area contributed by atoms with Gasteiger partial charge in [0.1, 0.15) is 17.3 Å². The topological polar surface area (TPSA) is 65.9 Å². The maximum Gasteiger partial charge on any atom is 0.573 e. The molecule has 6 rings (SSSR count). The predicted molar refractivity (Wildman–Crippen MR) is 146 cm³/mol. The zero-order valence-corrected chi connectivity index (χ0v) is 22.7. The minimum absolute atomic E-state index is 0.0778. The van der Waals surface area contributed by atoms with Crippen molar-refractivity contribution in [2.24, 2.45) is 5.41 Å². The smallest absolute Gasteiger partial charge is 0.406 e. The molecule has 1 amide bonds. The number of aromatic nitrogens is 2. The van der Waals surface area contributed by atoms with Crippen molar-refractivity contribution in [3.05, 3.63) is 71.3 Å². The molecule has 40 heavy (non-hydrogen) atoms. The Labute approximate surface area is 231 Å². The van der Waals surface area contributed by atoms with E-state index in [2.05, 4.69) is 60.6 Å². The maximum absolute atomic E-state index is 13.1. The fourth-order valence-corrected chi connectivity index (χ4v) is 6.05. The summed E-state index contributed by atoms with van der Waals surface area (Å²) in [5.41, 5.74) is 4.84. The van der Waals surface area contributed by atoms with Crippen LogP contribution in [0.3, 0.4) is 0 Å². The Kier molecular flexibility index (Phi) is 6.64. The van der Waals surface area contributed by atoms with Gasteiger partial charge in [0.15, 0.2) is 0 Å². The highest BCUT2D eigenvalue weighted by atomic mass is 19.4. The third kappa shape index (κ3) is 5.22. The number of aryl methyl sites for hydroxylation is 1. The summed E-state index contributed by atoms with van der Waals surface area (Å²) in [6.45, 7) is 8.55. The number of anilines is 2. The van der Waals surface area contributed by atoms with Gasteiger partial charge < -0.3 is 24.4 Å². The summed E-state index contributed by atoms with van der Waals surface area (Å²) >= 11 is 0. The molecule has 3 aromatic rings. The first-order chi connectivity index (χ1) is 19.1. The van der Waals surface area contributed by atoms with Crippen molar-refractivity contribution in [2.75, 3.05) is 49.6 Å². The molecule has 11 heteroatoms. The Balaban J connectivity index is 0.990. The highest BCUT2D eigenvalue weighted by Gasteiger charge is 2.51. The first-order valence-electron chi connectivity index (χ1n) is 13.6. The zero-order valence-electron chi connectivity index (χ0n) is 22.7. The van der Waals surface area contributed by atoms with Crippen molar-refractivity contribution < 1.29 is 22.7 Å². The number of ether oxygens (including phenoxy) is 1. The molecule has 0 saturated carbocycles. The minimum atomic E-state index is -4.68. The molecule has 0 aliphatic carbocycles. The van der Waals surface area contributed by atoms with Gasteiger partial charge in [-0.2, -0.15) is 0 Å². The number of alkyl halides is 3. The maximum atomic E-state index is 13.1. The largest absolute Gasteiger partial charge is 0.573 e. The average Bonchev–Trinajstić information content (AvgIpc) is 3.24. The Bertz CT molecular complexity index is 1370. The number of carbonyl (C=O) groups excluding carboxylic acids is 1. The normalized spacial score (nSPS) is 18.2. The van der Waals surface area contributed by atoms with E-state index in [1.54, 1.807) is 12.1 Å². The van der Waals surface area contributed by atoms with Crippen molar-refractivity contribution in [3.63, 3.8) is 0 Å². The Morgan fingerprint density at radius 3 is 2.15 bits per heavy atom. The molecule has 0 bridgehead atoms. The molecule has 2 fully saturated rings. The molecule has 0 atom stereocenters. The van der Waals surface area contributed by atoms with E-state index in [1.165, 1.54) is 12.1 Å². The second-order valence-corrected chi connectivity index (χ2v) is 11.2. The second kappa shape index (κ2) is 10.0. The molecule has 1 N–H and O–H groups in total. The number of hydrogen-bond acceptors (Lipinski definition) is 6. The van der Waals surface area contributed by atoms with E-state index in [0.717, 1.165) is 80.7 Å². The van der Waals surface area contributed by atoms with Gasteiger partial charge >= 0.3 is 6.36 Å². The van der Waals surface area contributed by atoms with E-state index in [0.29, 0.717) is 12.2 Å². The number of amides is 1. The van der Waals surface area contributed by atoms with Crippen LogP contribution in [0.15, 0.2) is 48.5 Å². The Hall–Kier alpha value is -3.73. The van der Waals surface area contributed by atoms with Crippen LogP contribution in [-0.2, 0) is 26.1 Å². The Morgan fingerprint density at radius 2 is 1.57 bits per heavy atom. The molecule has 212 valence electrons. The molecule has 8 nitrogen and oxygen atoms in total. The first-order valence-corrected chi connectivity index (χ1v) is 13.6. The highest BCUT2D eigenvalue weighted by molar-refractivity contribution is 5.94. The van der Waals surface area contributed by atoms with Gasteiger partial charge in [-0.15, -0.1) is 13.2 Å². The van der Waals surface area contributed by atoms with Gasteiger partial charge in [0.05, 0.1) is 12.2 Å². The predicted octanol–water partition coefficient (Wildman–Crippen LogP) is 4.05. The van der Waals surface area contributed by atoms with Gasteiger partial charge in [-0.1, -0.05) is 19.1 Å². The monoisotopic (exact) mass is 554 g/mol. The van der Waals surface area contributed by atoms with E-state index in [9.17, 15) is 18.0 Å². The van der Waals surface area contributed by atoms with Gasteiger partial charge in [0.25, 0.3) is 5.91 Å². The number of imidazole rings is 1.